The minimum Gasteiger partial charge on any atom is -0.497 e. The number of benzene rings is 1. The molecule has 3 aromatic heterocycles. The third kappa shape index (κ3) is 6.66. The van der Waals surface area contributed by atoms with Gasteiger partial charge in [0.05, 0.1) is 18.7 Å². The lowest BCUT2D eigenvalue weighted by atomic mass is 10.0. The third-order valence-corrected chi connectivity index (χ3v) is 11.1. The van der Waals surface area contributed by atoms with Gasteiger partial charge in [-0.3, -0.25) is 14.4 Å². The maximum Gasteiger partial charge on any atom is 0.330 e. The van der Waals surface area contributed by atoms with Crippen molar-refractivity contribution in [1.29, 1.82) is 0 Å². The summed E-state index contributed by atoms with van der Waals surface area (Å²) in [5.74, 6) is -2.07. The first-order valence-corrected chi connectivity index (χ1v) is 18.5. The zero-order valence-corrected chi connectivity index (χ0v) is 29.0. The number of hydrogen-bond donors (Lipinski definition) is 3. The van der Waals surface area contributed by atoms with E-state index in [2.05, 4.69) is 15.6 Å². The lowest BCUT2D eigenvalue weighted by Gasteiger charge is -2.29. The molecule has 2 fully saturated rings. The van der Waals surface area contributed by atoms with Crippen molar-refractivity contribution in [3.05, 3.63) is 70.4 Å². The molecule has 7 rings (SSSR count). The van der Waals surface area contributed by atoms with Gasteiger partial charge < -0.3 is 25.4 Å². The number of nitrogens with one attached hydrogen (secondary N) is 2. The second-order valence-corrected chi connectivity index (χ2v) is 14.5. The van der Waals surface area contributed by atoms with Crippen LogP contribution in [0.25, 0.3) is 22.0 Å². The van der Waals surface area contributed by atoms with Crippen molar-refractivity contribution in [2.45, 2.75) is 68.6 Å². The number of aromatic nitrogens is 4. The van der Waals surface area contributed by atoms with E-state index in [0.29, 0.717) is 40.6 Å². The Hall–Kier alpha value is -4.89. The summed E-state index contributed by atoms with van der Waals surface area (Å²) < 4.78 is 5.34. The highest BCUT2D eigenvalue weighted by atomic mass is 32.1. The number of rotatable bonds is 7. The Bertz CT molecular complexity index is 1890. The van der Waals surface area contributed by atoms with Crippen LogP contribution in [0, 0.1) is 5.92 Å². The van der Waals surface area contributed by atoms with Crippen molar-refractivity contribution >= 4 is 46.4 Å². The molecule has 1 saturated heterocycles. The van der Waals surface area contributed by atoms with Crippen molar-refractivity contribution < 1.29 is 29.0 Å². The van der Waals surface area contributed by atoms with Gasteiger partial charge in [-0.2, -0.15) is 21.2 Å². The molecule has 2 aliphatic heterocycles. The maximum absolute atomic E-state index is 14.5. The molecule has 0 spiro atoms. The molecule has 50 heavy (non-hydrogen) atoms. The molecule has 3 aliphatic rings. The lowest BCUT2D eigenvalue weighted by Crippen LogP contribution is -2.56. The van der Waals surface area contributed by atoms with E-state index < -0.39 is 41.4 Å². The molecule has 3 amide bonds. The molecule has 0 unspecified atom stereocenters. The fraction of sp³-hybridized carbons (Fsp3) is 0.400. The number of amides is 3. The zero-order chi connectivity index (χ0) is 34.8. The summed E-state index contributed by atoms with van der Waals surface area (Å²) in [4.78, 5) is 61.8. The summed E-state index contributed by atoms with van der Waals surface area (Å²) in [6, 6.07) is 6.70. The Balaban J connectivity index is 1.24. The molecule has 15 heteroatoms. The van der Waals surface area contributed by atoms with Gasteiger partial charge >= 0.3 is 5.97 Å². The predicted molar refractivity (Wildman–Crippen MR) is 187 cm³/mol. The van der Waals surface area contributed by atoms with Crippen molar-refractivity contribution in [2.24, 2.45) is 5.92 Å². The van der Waals surface area contributed by atoms with Gasteiger partial charge in [-0.15, -0.1) is 16.4 Å². The van der Waals surface area contributed by atoms with Gasteiger partial charge in [-0.1, -0.05) is 25.0 Å². The van der Waals surface area contributed by atoms with Crippen molar-refractivity contribution in [3.63, 3.8) is 0 Å². The molecular formula is C35H37N7O6S2. The molecule has 1 aliphatic carbocycles. The minimum absolute atomic E-state index is 0.0825. The number of nitrogens with zero attached hydrogens (tertiary/aromatic N) is 5. The third-order valence-electron chi connectivity index (χ3n) is 9.68. The number of carboxylic acid groups (broad SMARTS) is 1. The quantitative estimate of drug-likeness (QED) is 0.232. The monoisotopic (exact) mass is 715 g/mol. The number of methoxy groups -OCH3 is 1. The number of carbonyl (C=O) groups excluding carboxylic acids is 3. The van der Waals surface area contributed by atoms with Crippen LogP contribution in [0.4, 0.5) is 0 Å². The van der Waals surface area contributed by atoms with E-state index in [9.17, 15) is 24.3 Å². The van der Waals surface area contributed by atoms with Gasteiger partial charge in [-0.25, -0.2) is 9.78 Å². The highest BCUT2D eigenvalue weighted by molar-refractivity contribution is 7.13. The van der Waals surface area contributed by atoms with Crippen LogP contribution in [-0.4, -0.2) is 85.0 Å². The van der Waals surface area contributed by atoms with E-state index in [-0.39, 0.29) is 31.2 Å². The Morgan fingerprint density at radius 2 is 1.90 bits per heavy atom. The number of thiophene rings is 1. The maximum atomic E-state index is 14.5. The fourth-order valence-corrected chi connectivity index (χ4v) is 8.05. The second kappa shape index (κ2) is 14.2. The molecule has 260 valence electrons. The normalized spacial score (nSPS) is 26.1. The molecule has 4 aromatic rings. The summed E-state index contributed by atoms with van der Waals surface area (Å²) in [6.45, 7) is 0.0825. The first-order chi connectivity index (χ1) is 24.3. The number of allylic oxidation sites excluding steroid dienone is 1. The van der Waals surface area contributed by atoms with E-state index >= 15 is 0 Å². The van der Waals surface area contributed by atoms with Gasteiger partial charge in [0.25, 0.3) is 5.91 Å². The summed E-state index contributed by atoms with van der Waals surface area (Å²) in [7, 11) is 1.59. The summed E-state index contributed by atoms with van der Waals surface area (Å²) >= 11 is 2.81. The first-order valence-electron chi connectivity index (χ1n) is 16.6. The Morgan fingerprint density at radius 3 is 2.62 bits per heavy atom. The van der Waals surface area contributed by atoms with Crippen LogP contribution in [0.2, 0.25) is 0 Å². The minimum atomic E-state index is -1.43. The highest BCUT2D eigenvalue weighted by Gasteiger charge is 2.61. The smallest absolute Gasteiger partial charge is 0.330 e. The standard InChI is InChI=1S/C35H37N7O6S2/c1-48-25-11-9-21(10-12-25)28-29(32-36-14-16-50-32)40-42(39-28)24-17-27-31(44)38-35(34(46)47)18-23(35)7-5-3-2-4-6-8-26(33(45)41(27)19-24)37-30(43)22-13-15-49-20-22/h5,7,9-16,20,23-24,26-27H,2-4,6,8,17-19H2,1H3,(H,37,43)(H,38,44)(H,46,47)/b7-5-/t23-,24+,26+,27-,35+/m0/s1. The Morgan fingerprint density at radius 1 is 1.08 bits per heavy atom. The lowest BCUT2D eigenvalue weighted by molar-refractivity contribution is -0.145. The van der Waals surface area contributed by atoms with Crippen LogP contribution in [-0.2, 0) is 14.4 Å². The molecule has 1 saturated carbocycles. The SMILES string of the molecule is COc1ccc(-c2nn([C@@H]3C[C@H]4C(=O)N[C@]5(C(=O)O)C[C@@H]5/C=C\CCCCC[C@@H](NC(=O)c5ccsc5)C(=O)N4C3)nc2-c2nccs2)cc1. The van der Waals surface area contributed by atoms with Crippen LogP contribution < -0.4 is 15.4 Å². The van der Waals surface area contributed by atoms with E-state index in [1.807, 2.05) is 41.8 Å². The van der Waals surface area contributed by atoms with Crippen molar-refractivity contribution in [3.8, 4) is 27.7 Å². The zero-order valence-electron chi connectivity index (χ0n) is 27.4. The van der Waals surface area contributed by atoms with Crippen molar-refractivity contribution in [2.75, 3.05) is 13.7 Å². The van der Waals surface area contributed by atoms with Crippen LogP contribution >= 0.6 is 22.7 Å². The summed E-state index contributed by atoms with van der Waals surface area (Å²) in [6.07, 6.45) is 9.49. The summed E-state index contributed by atoms with van der Waals surface area (Å²) in [5, 5.41) is 31.7. The fourth-order valence-electron chi connectivity index (χ4n) is 6.79. The number of aliphatic carboxylic acids is 1. The molecule has 5 heterocycles. The van der Waals surface area contributed by atoms with E-state index in [0.717, 1.165) is 24.8 Å². The molecule has 0 radical (unpaired) electrons. The number of ether oxygens (including phenoxy) is 1. The van der Waals surface area contributed by atoms with Gasteiger partial charge in [0.15, 0.2) is 0 Å². The largest absolute Gasteiger partial charge is 0.497 e. The molecule has 5 atom stereocenters. The number of fused-ring (bicyclic) bond motifs is 2. The van der Waals surface area contributed by atoms with Gasteiger partial charge in [-0.05, 0) is 61.4 Å². The molecular weight excluding hydrogens is 679 g/mol. The van der Waals surface area contributed by atoms with Crippen LogP contribution in [0.1, 0.15) is 61.3 Å². The number of thiazole rings is 1. The van der Waals surface area contributed by atoms with Crippen molar-refractivity contribution in [1.82, 2.24) is 35.5 Å². The molecule has 0 bridgehead atoms. The number of hydrogen-bond acceptors (Lipinski definition) is 10. The van der Waals surface area contributed by atoms with Crippen LogP contribution in [0.5, 0.6) is 5.75 Å². The second-order valence-electron chi connectivity index (χ2n) is 12.9. The van der Waals surface area contributed by atoms with Gasteiger partial charge in [0.2, 0.25) is 11.8 Å². The highest BCUT2D eigenvalue weighted by Crippen LogP contribution is 2.46. The average molecular weight is 716 g/mol. The van der Waals surface area contributed by atoms with Crippen LogP contribution in [0.3, 0.4) is 0 Å². The number of carbonyl (C=O) groups is 4. The molecule has 3 N–H and O–H groups in total. The first kappa shape index (κ1) is 33.6. The topological polar surface area (TPSA) is 169 Å². The van der Waals surface area contributed by atoms with E-state index in [4.69, 9.17) is 14.9 Å². The number of carboxylic acids is 1. The Kier molecular flexibility index (Phi) is 9.51. The van der Waals surface area contributed by atoms with Gasteiger partial charge in [0.1, 0.15) is 39.8 Å². The molecule has 1 aromatic carbocycles. The van der Waals surface area contributed by atoms with E-state index in [1.54, 1.807) is 30.1 Å². The average Bonchev–Trinajstić information content (AvgIpc) is 3.77. The van der Waals surface area contributed by atoms with E-state index in [1.165, 1.54) is 32.4 Å². The van der Waals surface area contributed by atoms with Crippen LogP contribution in [0.15, 0.2) is 64.8 Å². The summed E-state index contributed by atoms with van der Waals surface area (Å²) in [5.41, 5.74) is 0.958. The molecule has 13 nitrogen and oxygen atoms in total. The van der Waals surface area contributed by atoms with Gasteiger partial charge in [0, 0.05) is 41.4 Å². The Labute approximate surface area is 296 Å². The predicted octanol–water partition coefficient (Wildman–Crippen LogP) is 4.56.